The highest BCUT2D eigenvalue weighted by Gasteiger charge is 2.18. The highest BCUT2D eigenvalue weighted by atomic mass is 79.9. The van der Waals surface area contributed by atoms with Gasteiger partial charge in [0.1, 0.15) is 5.75 Å². The molecule has 1 rings (SSSR count). The summed E-state index contributed by atoms with van der Waals surface area (Å²) in [6, 6.07) is 5.19. The number of hydrogen-bond acceptors (Lipinski definition) is 2. The van der Waals surface area contributed by atoms with Gasteiger partial charge in [-0.2, -0.15) is 0 Å². The first-order valence-electron chi connectivity index (χ1n) is 6.12. The number of nitrogens with one attached hydrogen (secondary N) is 1. The molecule has 1 unspecified atom stereocenters. The van der Waals surface area contributed by atoms with E-state index in [9.17, 15) is 9.90 Å². The molecule has 1 aromatic carbocycles. The minimum atomic E-state index is -0.216. The lowest BCUT2D eigenvalue weighted by molar-refractivity contribution is 0.0922. The molecule has 100 valence electrons. The fourth-order valence-electron chi connectivity index (χ4n) is 1.77. The molecule has 0 heterocycles. The van der Waals surface area contributed by atoms with Gasteiger partial charge in [0.05, 0.1) is 5.56 Å². The van der Waals surface area contributed by atoms with Crippen molar-refractivity contribution in [2.45, 2.75) is 33.2 Å². The summed E-state index contributed by atoms with van der Waals surface area (Å²) in [7, 11) is 0. The topological polar surface area (TPSA) is 49.3 Å². The number of phenols is 1. The number of phenolic OH excluding ortho intramolecular Hbond substituents is 1. The van der Waals surface area contributed by atoms with E-state index in [1.807, 2.05) is 13.0 Å². The summed E-state index contributed by atoms with van der Waals surface area (Å²) in [6.45, 7) is 6.02. The minimum Gasteiger partial charge on any atom is -0.507 e. The smallest absolute Gasteiger partial charge is 0.255 e. The second-order valence-electron chi connectivity index (χ2n) is 4.82. The molecule has 0 fully saturated rings. The Morgan fingerprint density at radius 1 is 1.44 bits per heavy atom. The van der Waals surface area contributed by atoms with Crippen LogP contribution in [0.2, 0.25) is 0 Å². The minimum absolute atomic E-state index is 0.0360. The van der Waals surface area contributed by atoms with E-state index < -0.39 is 0 Å². The van der Waals surface area contributed by atoms with Crippen LogP contribution in [0.5, 0.6) is 5.75 Å². The van der Waals surface area contributed by atoms with Crippen LogP contribution < -0.4 is 5.32 Å². The van der Waals surface area contributed by atoms with Crippen LogP contribution in [0, 0.1) is 12.8 Å². The van der Waals surface area contributed by atoms with Crippen molar-refractivity contribution in [2.75, 3.05) is 5.33 Å². The normalized spacial score (nSPS) is 12.5. The monoisotopic (exact) mass is 313 g/mol. The fraction of sp³-hybridized carbons (Fsp3) is 0.500. The highest BCUT2D eigenvalue weighted by molar-refractivity contribution is 9.09. The zero-order chi connectivity index (χ0) is 13.7. The van der Waals surface area contributed by atoms with Gasteiger partial charge in [-0.15, -0.1) is 0 Å². The molecule has 2 N–H and O–H groups in total. The molecule has 0 radical (unpaired) electrons. The lowest BCUT2D eigenvalue weighted by Crippen LogP contribution is -2.38. The van der Waals surface area contributed by atoms with E-state index >= 15 is 0 Å². The Kier molecular flexibility index (Phi) is 5.66. The van der Waals surface area contributed by atoms with Gasteiger partial charge in [-0.05, 0) is 37.0 Å². The average Bonchev–Trinajstić information content (AvgIpc) is 2.27. The molecule has 1 amide bonds. The summed E-state index contributed by atoms with van der Waals surface area (Å²) in [4.78, 5) is 12.1. The van der Waals surface area contributed by atoms with E-state index in [-0.39, 0.29) is 17.7 Å². The molecule has 0 aliphatic heterocycles. The summed E-state index contributed by atoms with van der Waals surface area (Å²) in [5.74, 6) is 0.181. The first-order valence-corrected chi connectivity index (χ1v) is 7.24. The largest absolute Gasteiger partial charge is 0.507 e. The van der Waals surface area contributed by atoms with Gasteiger partial charge >= 0.3 is 0 Å². The summed E-state index contributed by atoms with van der Waals surface area (Å²) in [6.07, 6.45) is 0.871. The van der Waals surface area contributed by atoms with E-state index in [4.69, 9.17) is 0 Å². The van der Waals surface area contributed by atoms with Crippen molar-refractivity contribution in [2.24, 2.45) is 5.92 Å². The molecule has 0 bridgehead atoms. The van der Waals surface area contributed by atoms with Gasteiger partial charge in [0.2, 0.25) is 0 Å². The van der Waals surface area contributed by atoms with Crippen molar-refractivity contribution in [1.29, 1.82) is 0 Å². The molecule has 18 heavy (non-hydrogen) atoms. The second kappa shape index (κ2) is 6.78. The van der Waals surface area contributed by atoms with Gasteiger partial charge in [0, 0.05) is 11.4 Å². The van der Waals surface area contributed by atoms with Crippen LogP contribution in [0.3, 0.4) is 0 Å². The van der Waals surface area contributed by atoms with Crippen molar-refractivity contribution >= 4 is 21.8 Å². The molecule has 1 aromatic rings. The summed E-state index contributed by atoms with van der Waals surface area (Å²) in [5.41, 5.74) is 1.27. The Morgan fingerprint density at radius 2 is 2.11 bits per heavy atom. The SMILES string of the molecule is Cc1ccc(C(=O)NC(CCBr)C(C)C)c(O)c1. The van der Waals surface area contributed by atoms with Crippen molar-refractivity contribution in [3.8, 4) is 5.75 Å². The molecule has 0 saturated heterocycles. The van der Waals surface area contributed by atoms with E-state index in [0.717, 1.165) is 17.3 Å². The Balaban J connectivity index is 2.80. The van der Waals surface area contributed by atoms with Gasteiger partial charge in [0.15, 0.2) is 0 Å². The Hall–Kier alpha value is -1.03. The third-order valence-corrected chi connectivity index (χ3v) is 3.40. The maximum absolute atomic E-state index is 12.1. The van der Waals surface area contributed by atoms with E-state index in [1.54, 1.807) is 12.1 Å². The number of carbonyl (C=O) groups is 1. The van der Waals surface area contributed by atoms with Gasteiger partial charge < -0.3 is 10.4 Å². The van der Waals surface area contributed by atoms with Gasteiger partial charge in [0.25, 0.3) is 5.91 Å². The van der Waals surface area contributed by atoms with Crippen molar-refractivity contribution in [3.63, 3.8) is 0 Å². The van der Waals surface area contributed by atoms with E-state index in [2.05, 4.69) is 35.1 Å². The van der Waals surface area contributed by atoms with Gasteiger partial charge in [-0.25, -0.2) is 0 Å². The number of hydrogen-bond donors (Lipinski definition) is 2. The number of amides is 1. The van der Waals surface area contributed by atoms with Crippen LogP contribution in [-0.4, -0.2) is 22.4 Å². The number of alkyl halides is 1. The second-order valence-corrected chi connectivity index (χ2v) is 5.62. The molecule has 1 atom stereocenters. The highest BCUT2D eigenvalue weighted by Crippen LogP contribution is 2.19. The predicted octanol–water partition coefficient (Wildman–Crippen LogP) is 3.24. The molecule has 3 nitrogen and oxygen atoms in total. The van der Waals surface area contributed by atoms with E-state index in [0.29, 0.717) is 11.5 Å². The van der Waals surface area contributed by atoms with Crippen LogP contribution >= 0.6 is 15.9 Å². The Bertz CT molecular complexity index is 418. The predicted molar refractivity (Wildman–Crippen MR) is 77.3 cm³/mol. The number of rotatable bonds is 5. The number of benzene rings is 1. The van der Waals surface area contributed by atoms with Crippen molar-refractivity contribution in [3.05, 3.63) is 29.3 Å². The molecule has 0 aliphatic rings. The molecular weight excluding hydrogens is 294 g/mol. The van der Waals surface area contributed by atoms with Crippen molar-refractivity contribution < 1.29 is 9.90 Å². The van der Waals surface area contributed by atoms with E-state index in [1.165, 1.54) is 0 Å². The summed E-state index contributed by atoms with van der Waals surface area (Å²) >= 11 is 3.39. The summed E-state index contributed by atoms with van der Waals surface area (Å²) in [5, 5.41) is 13.6. The van der Waals surface area contributed by atoms with Crippen LogP contribution in [0.15, 0.2) is 18.2 Å². The molecule has 4 heteroatoms. The number of halogens is 1. The van der Waals surface area contributed by atoms with Crippen LogP contribution in [0.4, 0.5) is 0 Å². The molecule has 0 aromatic heterocycles. The number of aryl methyl sites for hydroxylation is 1. The third kappa shape index (κ3) is 4.02. The Labute approximate surface area is 117 Å². The first-order chi connectivity index (χ1) is 8.45. The molecule has 0 spiro atoms. The Morgan fingerprint density at radius 3 is 2.61 bits per heavy atom. The van der Waals surface area contributed by atoms with Gasteiger partial charge in [-0.1, -0.05) is 35.8 Å². The average molecular weight is 314 g/mol. The van der Waals surface area contributed by atoms with Crippen LogP contribution in [0.25, 0.3) is 0 Å². The quantitative estimate of drug-likeness (QED) is 0.820. The maximum atomic E-state index is 12.1. The van der Waals surface area contributed by atoms with Crippen LogP contribution in [-0.2, 0) is 0 Å². The molecular formula is C14H20BrNO2. The molecule has 0 aliphatic carbocycles. The number of aromatic hydroxyl groups is 1. The zero-order valence-electron chi connectivity index (χ0n) is 11.0. The zero-order valence-corrected chi connectivity index (χ0v) is 12.6. The number of carbonyl (C=O) groups excluding carboxylic acids is 1. The third-order valence-electron chi connectivity index (χ3n) is 2.94. The standard InChI is InChI=1S/C14H20BrNO2/c1-9(2)12(6-7-15)16-14(18)11-5-4-10(3)8-13(11)17/h4-5,8-9,12,17H,6-7H2,1-3H3,(H,16,18). The fourth-order valence-corrected chi connectivity index (χ4v) is 2.26. The van der Waals surface area contributed by atoms with Crippen molar-refractivity contribution in [1.82, 2.24) is 5.32 Å². The lowest BCUT2D eigenvalue weighted by atomic mass is 10.0. The molecule has 0 saturated carbocycles. The van der Waals surface area contributed by atoms with Gasteiger partial charge in [-0.3, -0.25) is 4.79 Å². The maximum Gasteiger partial charge on any atom is 0.255 e. The lowest BCUT2D eigenvalue weighted by Gasteiger charge is -2.21. The summed E-state index contributed by atoms with van der Waals surface area (Å²) < 4.78 is 0. The van der Waals surface area contributed by atoms with Crippen LogP contribution in [0.1, 0.15) is 36.2 Å². The first kappa shape index (κ1) is 15.0.